The van der Waals surface area contributed by atoms with Gasteiger partial charge in [-0.15, -0.1) is 0 Å². The maximum Gasteiger partial charge on any atom is 0.0923 e. The number of nitrogens with zero attached hydrogens (tertiary/aromatic N) is 3. The van der Waals surface area contributed by atoms with E-state index in [0.29, 0.717) is 0 Å². The average Bonchev–Trinajstić information content (AvgIpc) is 2.97. The van der Waals surface area contributed by atoms with Gasteiger partial charge in [0.2, 0.25) is 0 Å². The summed E-state index contributed by atoms with van der Waals surface area (Å²) in [6.07, 6.45) is 4.97. The van der Waals surface area contributed by atoms with Crippen molar-refractivity contribution in [3.05, 3.63) is 60.4 Å². The Bertz CT molecular complexity index is 743. The highest BCUT2D eigenvalue weighted by Crippen LogP contribution is 2.25. The van der Waals surface area contributed by atoms with Gasteiger partial charge in [-0.3, -0.25) is 9.67 Å². The van der Waals surface area contributed by atoms with Crippen molar-refractivity contribution in [3.63, 3.8) is 0 Å². The standard InChI is InChI=1S/C18H19N3/c1-3-11-21-12-9-17(20-21)15-7-4-8-16(13-15)18-14(2)6-5-10-19-18/h4-10,12-13H,3,11H2,1-2H3. The lowest BCUT2D eigenvalue weighted by molar-refractivity contribution is 0.604. The number of rotatable bonds is 4. The minimum absolute atomic E-state index is 0.957. The third-order valence-electron chi connectivity index (χ3n) is 3.53. The summed E-state index contributed by atoms with van der Waals surface area (Å²) in [4.78, 5) is 4.49. The van der Waals surface area contributed by atoms with Crippen molar-refractivity contribution in [2.75, 3.05) is 0 Å². The largest absolute Gasteiger partial charge is 0.272 e. The van der Waals surface area contributed by atoms with Gasteiger partial charge >= 0.3 is 0 Å². The molecule has 2 heterocycles. The molecule has 0 aliphatic carbocycles. The Morgan fingerprint density at radius 2 is 1.90 bits per heavy atom. The van der Waals surface area contributed by atoms with Crippen LogP contribution in [0.4, 0.5) is 0 Å². The molecule has 0 fully saturated rings. The summed E-state index contributed by atoms with van der Waals surface area (Å²) in [5.41, 5.74) is 5.50. The van der Waals surface area contributed by atoms with Crippen molar-refractivity contribution in [2.45, 2.75) is 26.8 Å². The van der Waals surface area contributed by atoms with Crippen molar-refractivity contribution in [2.24, 2.45) is 0 Å². The van der Waals surface area contributed by atoms with Crippen LogP contribution in [0.15, 0.2) is 54.9 Å². The minimum atomic E-state index is 0.957. The molecule has 0 aliphatic rings. The molecule has 0 radical (unpaired) electrons. The third-order valence-corrected chi connectivity index (χ3v) is 3.53. The van der Waals surface area contributed by atoms with Gasteiger partial charge in [-0.25, -0.2) is 0 Å². The summed E-state index contributed by atoms with van der Waals surface area (Å²) in [6, 6.07) is 14.5. The fourth-order valence-corrected chi connectivity index (χ4v) is 2.48. The molecule has 0 aliphatic heterocycles. The molecule has 106 valence electrons. The molecule has 3 aromatic rings. The van der Waals surface area contributed by atoms with E-state index >= 15 is 0 Å². The van der Waals surface area contributed by atoms with Crippen molar-refractivity contribution in [3.8, 4) is 22.5 Å². The SMILES string of the molecule is CCCn1ccc(-c2cccc(-c3ncccc3C)c2)n1. The number of hydrogen-bond acceptors (Lipinski definition) is 2. The Kier molecular flexibility index (Phi) is 3.82. The van der Waals surface area contributed by atoms with E-state index < -0.39 is 0 Å². The monoisotopic (exact) mass is 277 g/mol. The van der Waals surface area contributed by atoms with E-state index in [1.807, 2.05) is 23.1 Å². The van der Waals surface area contributed by atoms with Crippen LogP contribution >= 0.6 is 0 Å². The van der Waals surface area contributed by atoms with Gasteiger partial charge in [0.1, 0.15) is 0 Å². The molecule has 0 unspecified atom stereocenters. The van der Waals surface area contributed by atoms with E-state index in [4.69, 9.17) is 0 Å². The molecule has 0 N–H and O–H groups in total. The van der Waals surface area contributed by atoms with Crippen LogP contribution in [0, 0.1) is 6.92 Å². The lowest BCUT2D eigenvalue weighted by Gasteiger charge is -2.06. The number of hydrogen-bond donors (Lipinski definition) is 0. The average molecular weight is 277 g/mol. The molecule has 0 saturated heterocycles. The normalized spacial score (nSPS) is 10.8. The highest BCUT2D eigenvalue weighted by molar-refractivity contribution is 5.70. The zero-order chi connectivity index (χ0) is 14.7. The molecule has 2 aromatic heterocycles. The lowest BCUT2D eigenvalue weighted by atomic mass is 10.0. The molecule has 21 heavy (non-hydrogen) atoms. The van der Waals surface area contributed by atoms with Gasteiger partial charge < -0.3 is 0 Å². The highest BCUT2D eigenvalue weighted by atomic mass is 15.3. The third kappa shape index (κ3) is 2.87. The predicted molar refractivity (Wildman–Crippen MR) is 85.9 cm³/mol. The molecule has 1 aromatic carbocycles. The van der Waals surface area contributed by atoms with E-state index in [-0.39, 0.29) is 0 Å². The van der Waals surface area contributed by atoms with Crippen LogP contribution in [0.25, 0.3) is 22.5 Å². The molecule has 3 heteroatoms. The molecule has 0 bridgehead atoms. The van der Waals surface area contributed by atoms with Crippen LogP contribution in [0.2, 0.25) is 0 Å². The van der Waals surface area contributed by atoms with Gasteiger partial charge in [-0.2, -0.15) is 5.10 Å². The van der Waals surface area contributed by atoms with E-state index in [9.17, 15) is 0 Å². The van der Waals surface area contributed by atoms with Crippen molar-refractivity contribution in [1.82, 2.24) is 14.8 Å². The van der Waals surface area contributed by atoms with Gasteiger partial charge in [0.15, 0.2) is 0 Å². The van der Waals surface area contributed by atoms with E-state index in [0.717, 1.165) is 35.5 Å². The van der Waals surface area contributed by atoms with E-state index in [1.165, 1.54) is 5.56 Å². The molecule has 0 atom stereocenters. The topological polar surface area (TPSA) is 30.7 Å². The van der Waals surface area contributed by atoms with Crippen LogP contribution in [0.3, 0.4) is 0 Å². The summed E-state index contributed by atoms with van der Waals surface area (Å²) < 4.78 is 1.99. The first-order chi connectivity index (χ1) is 10.3. The number of aryl methyl sites for hydroxylation is 2. The number of benzene rings is 1. The van der Waals surface area contributed by atoms with Crippen molar-refractivity contribution < 1.29 is 0 Å². The van der Waals surface area contributed by atoms with Crippen LogP contribution in [0.1, 0.15) is 18.9 Å². The maximum absolute atomic E-state index is 4.62. The van der Waals surface area contributed by atoms with Gasteiger partial charge in [0.05, 0.1) is 11.4 Å². The number of pyridine rings is 1. The molecule has 0 saturated carbocycles. The zero-order valence-corrected chi connectivity index (χ0v) is 12.5. The number of aromatic nitrogens is 3. The second kappa shape index (κ2) is 5.92. The fraction of sp³-hybridized carbons (Fsp3) is 0.222. The van der Waals surface area contributed by atoms with Crippen LogP contribution < -0.4 is 0 Å². The van der Waals surface area contributed by atoms with Crippen LogP contribution in [0.5, 0.6) is 0 Å². The first kappa shape index (κ1) is 13.6. The summed E-state index contributed by atoms with van der Waals surface area (Å²) in [5, 5.41) is 4.62. The van der Waals surface area contributed by atoms with Gasteiger partial charge in [0.25, 0.3) is 0 Å². The quantitative estimate of drug-likeness (QED) is 0.710. The Morgan fingerprint density at radius 1 is 1.05 bits per heavy atom. The Balaban J connectivity index is 1.98. The molecular weight excluding hydrogens is 258 g/mol. The van der Waals surface area contributed by atoms with Crippen molar-refractivity contribution >= 4 is 0 Å². The molecule has 3 rings (SSSR count). The summed E-state index contributed by atoms with van der Waals surface area (Å²) in [5.74, 6) is 0. The fourth-order valence-electron chi connectivity index (χ4n) is 2.48. The molecule has 3 nitrogen and oxygen atoms in total. The van der Waals surface area contributed by atoms with E-state index in [1.54, 1.807) is 0 Å². The Morgan fingerprint density at radius 3 is 2.71 bits per heavy atom. The summed E-state index contributed by atoms with van der Waals surface area (Å²) in [7, 11) is 0. The van der Waals surface area contributed by atoms with Crippen LogP contribution in [-0.2, 0) is 6.54 Å². The smallest absolute Gasteiger partial charge is 0.0923 e. The first-order valence-corrected chi connectivity index (χ1v) is 7.34. The Labute approximate surface area is 125 Å². The van der Waals surface area contributed by atoms with Crippen molar-refractivity contribution in [1.29, 1.82) is 0 Å². The first-order valence-electron chi connectivity index (χ1n) is 7.34. The molecule has 0 amide bonds. The van der Waals surface area contributed by atoms with Gasteiger partial charge in [-0.05, 0) is 37.1 Å². The molecule has 0 spiro atoms. The van der Waals surface area contributed by atoms with Gasteiger partial charge in [-0.1, -0.05) is 31.2 Å². The molecular formula is C18H19N3. The highest BCUT2D eigenvalue weighted by Gasteiger charge is 2.06. The summed E-state index contributed by atoms with van der Waals surface area (Å²) >= 11 is 0. The Hall–Kier alpha value is -2.42. The van der Waals surface area contributed by atoms with Crippen LogP contribution in [-0.4, -0.2) is 14.8 Å². The van der Waals surface area contributed by atoms with Gasteiger partial charge in [0, 0.05) is 30.1 Å². The second-order valence-electron chi connectivity index (χ2n) is 5.21. The maximum atomic E-state index is 4.62. The summed E-state index contributed by atoms with van der Waals surface area (Å²) in [6.45, 7) is 5.20. The predicted octanol–water partition coefficient (Wildman–Crippen LogP) is 4.33. The van der Waals surface area contributed by atoms with E-state index in [2.05, 4.69) is 60.3 Å². The minimum Gasteiger partial charge on any atom is -0.272 e. The lowest BCUT2D eigenvalue weighted by Crippen LogP contribution is -1.96. The zero-order valence-electron chi connectivity index (χ0n) is 12.5. The second-order valence-corrected chi connectivity index (χ2v) is 5.21.